The Kier molecular flexibility index (Phi) is 4.05. The van der Waals surface area contributed by atoms with Gasteiger partial charge in [-0.3, -0.25) is 4.79 Å². The first-order chi connectivity index (χ1) is 10.5. The molecular formula is C14H10F6N2O. The highest BCUT2D eigenvalue weighted by atomic mass is 19.4. The standard InChI is InChI=1S/C14H10F6N2O/c15-13(16,17)12(14(18,19)20)4-5-22(8-12)11(23)10-3-1-2-9(6-10)7-21/h1-3,6H,4-5,8H2. The van der Waals surface area contributed by atoms with Gasteiger partial charge in [0, 0.05) is 18.7 Å². The molecule has 2 rings (SSSR count). The Hall–Kier alpha value is -2.24. The van der Waals surface area contributed by atoms with Gasteiger partial charge in [0.25, 0.3) is 5.91 Å². The van der Waals surface area contributed by atoms with Gasteiger partial charge in [0.15, 0.2) is 5.41 Å². The highest BCUT2D eigenvalue weighted by Crippen LogP contribution is 2.55. The van der Waals surface area contributed by atoms with E-state index in [2.05, 4.69) is 0 Å². The van der Waals surface area contributed by atoms with E-state index in [4.69, 9.17) is 5.26 Å². The van der Waals surface area contributed by atoms with E-state index in [1.807, 2.05) is 0 Å². The van der Waals surface area contributed by atoms with E-state index in [9.17, 15) is 31.1 Å². The van der Waals surface area contributed by atoms with E-state index in [0.29, 0.717) is 4.90 Å². The third-order valence-electron chi connectivity index (χ3n) is 3.88. The van der Waals surface area contributed by atoms with Crippen molar-refractivity contribution in [2.75, 3.05) is 13.1 Å². The van der Waals surface area contributed by atoms with Gasteiger partial charge in [0.05, 0.1) is 11.6 Å². The Morgan fingerprint density at radius 3 is 2.26 bits per heavy atom. The summed E-state index contributed by atoms with van der Waals surface area (Å²) in [6.45, 7) is -2.13. The zero-order chi connectivity index (χ0) is 17.5. The van der Waals surface area contributed by atoms with Gasteiger partial charge in [-0.05, 0) is 24.6 Å². The van der Waals surface area contributed by atoms with Crippen molar-refractivity contribution in [3.63, 3.8) is 0 Å². The third-order valence-corrected chi connectivity index (χ3v) is 3.88. The molecule has 1 aliphatic rings. The number of nitrogens with zero attached hydrogens (tertiary/aromatic N) is 2. The number of benzene rings is 1. The summed E-state index contributed by atoms with van der Waals surface area (Å²) in [4.78, 5) is 12.7. The van der Waals surface area contributed by atoms with Gasteiger partial charge in [-0.25, -0.2) is 0 Å². The number of alkyl halides is 6. The molecular weight excluding hydrogens is 326 g/mol. The second-order valence-electron chi connectivity index (χ2n) is 5.25. The van der Waals surface area contributed by atoms with Crippen LogP contribution < -0.4 is 0 Å². The van der Waals surface area contributed by atoms with Crippen LogP contribution in [0.15, 0.2) is 24.3 Å². The molecule has 1 amide bonds. The predicted octanol–water partition coefficient (Wildman–Crippen LogP) is 3.52. The van der Waals surface area contributed by atoms with Gasteiger partial charge < -0.3 is 4.90 Å². The smallest absolute Gasteiger partial charge is 0.337 e. The number of halogens is 6. The van der Waals surface area contributed by atoms with Gasteiger partial charge >= 0.3 is 12.4 Å². The van der Waals surface area contributed by atoms with Crippen LogP contribution in [-0.2, 0) is 0 Å². The normalized spacial score (nSPS) is 17.9. The van der Waals surface area contributed by atoms with Crippen LogP contribution in [0.1, 0.15) is 22.3 Å². The highest BCUT2D eigenvalue weighted by molar-refractivity contribution is 5.94. The van der Waals surface area contributed by atoms with Gasteiger partial charge in [-0.1, -0.05) is 6.07 Å². The molecule has 0 bridgehead atoms. The molecule has 0 radical (unpaired) electrons. The number of hydrogen-bond acceptors (Lipinski definition) is 2. The molecule has 3 nitrogen and oxygen atoms in total. The van der Waals surface area contributed by atoms with E-state index in [-0.39, 0.29) is 11.1 Å². The van der Waals surface area contributed by atoms with Crippen LogP contribution >= 0.6 is 0 Å². The van der Waals surface area contributed by atoms with Gasteiger partial charge in [-0.15, -0.1) is 0 Å². The summed E-state index contributed by atoms with van der Waals surface area (Å²) in [5.74, 6) is -0.961. The largest absolute Gasteiger partial charge is 0.404 e. The maximum absolute atomic E-state index is 13.0. The van der Waals surface area contributed by atoms with E-state index in [1.165, 1.54) is 18.2 Å². The second kappa shape index (κ2) is 5.44. The van der Waals surface area contributed by atoms with Crippen molar-refractivity contribution >= 4 is 5.91 Å². The quantitative estimate of drug-likeness (QED) is 0.737. The predicted molar refractivity (Wildman–Crippen MR) is 66.2 cm³/mol. The first kappa shape index (κ1) is 17.1. The fraction of sp³-hybridized carbons (Fsp3) is 0.429. The van der Waals surface area contributed by atoms with Crippen LogP contribution in [0.2, 0.25) is 0 Å². The zero-order valence-corrected chi connectivity index (χ0v) is 11.5. The lowest BCUT2D eigenvalue weighted by Gasteiger charge is -2.33. The number of carbonyl (C=O) groups excluding carboxylic acids is 1. The molecule has 1 saturated heterocycles. The molecule has 1 aliphatic heterocycles. The number of amides is 1. The molecule has 9 heteroatoms. The summed E-state index contributed by atoms with van der Waals surface area (Å²) >= 11 is 0. The first-order valence-electron chi connectivity index (χ1n) is 6.45. The molecule has 0 spiro atoms. The molecule has 0 N–H and O–H groups in total. The molecule has 0 aromatic heterocycles. The molecule has 124 valence electrons. The third kappa shape index (κ3) is 2.85. The molecule has 0 unspecified atom stereocenters. The van der Waals surface area contributed by atoms with Crippen molar-refractivity contribution in [3.8, 4) is 6.07 Å². The monoisotopic (exact) mass is 336 g/mol. The molecule has 1 fully saturated rings. The first-order valence-corrected chi connectivity index (χ1v) is 6.45. The van der Waals surface area contributed by atoms with Crippen LogP contribution in [0, 0.1) is 16.7 Å². The lowest BCUT2D eigenvalue weighted by molar-refractivity contribution is -0.334. The lowest BCUT2D eigenvalue weighted by Crippen LogP contribution is -2.52. The molecule has 0 saturated carbocycles. The average molecular weight is 336 g/mol. The molecule has 1 aromatic carbocycles. The molecule has 0 aliphatic carbocycles. The van der Waals surface area contributed by atoms with Crippen molar-refractivity contribution in [1.29, 1.82) is 5.26 Å². The minimum Gasteiger partial charge on any atom is -0.337 e. The van der Waals surface area contributed by atoms with Crippen molar-refractivity contribution in [2.45, 2.75) is 18.8 Å². The Morgan fingerprint density at radius 1 is 1.17 bits per heavy atom. The zero-order valence-electron chi connectivity index (χ0n) is 11.5. The topological polar surface area (TPSA) is 44.1 Å². The number of likely N-dealkylation sites (tertiary alicyclic amines) is 1. The van der Waals surface area contributed by atoms with Crippen LogP contribution in [0.3, 0.4) is 0 Å². The number of rotatable bonds is 1. The summed E-state index contributed by atoms with van der Waals surface area (Å²) in [7, 11) is 0. The van der Waals surface area contributed by atoms with Crippen molar-refractivity contribution in [1.82, 2.24) is 4.90 Å². The average Bonchev–Trinajstić information content (AvgIpc) is 2.92. The number of hydrogen-bond donors (Lipinski definition) is 0. The lowest BCUT2D eigenvalue weighted by atomic mass is 9.85. The van der Waals surface area contributed by atoms with Crippen LogP contribution in [0.4, 0.5) is 26.3 Å². The summed E-state index contributed by atoms with van der Waals surface area (Å²) in [5.41, 5.74) is -3.94. The minimum absolute atomic E-state index is 0.0907. The fourth-order valence-corrected chi connectivity index (χ4v) is 2.51. The van der Waals surface area contributed by atoms with Crippen molar-refractivity contribution in [3.05, 3.63) is 35.4 Å². The Bertz CT molecular complexity index is 644. The molecule has 23 heavy (non-hydrogen) atoms. The summed E-state index contributed by atoms with van der Waals surface area (Å²) in [6.07, 6.45) is -12.2. The summed E-state index contributed by atoms with van der Waals surface area (Å²) in [6, 6.07) is 6.82. The summed E-state index contributed by atoms with van der Waals surface area (Å²) in [5, 5.41) is 8.73. The Balaban J connectivity index is 2.31. The minimum atomic E-state index is -5.51. The van der Waals surface area contributed by atoms with Gasteiger partial charge in [0.1, 0.15) is 0 Å². The fourth-order valence-electron chi connectivity index (χ4n) is 2.51. The Labute approximate surface area is 127 Å². The molecule has 1 heterocycles. The van der Waals surface area contributed by atoms with E-state index in [0.717, 1.165) is 6.07 Å². The molecule has 1 aromatic rings. The van der Waals surface area contributed by atoms with Crippen molar-refractivity contribution in [2.24, 2.45) is 5.41 Å². The second-order valence-corrected chi connectivity index (χ2v) is 5.25. The maximum Gasteiger partial charge on any atom is 0.404 e. The number of nitriles is 1. The van der Waals surface area contributed by atoms with Crippen LogP contribution in [0.25, 0.3) is 0 Å². The SMILES string of the molecule is N#Cc1cccc(C(=O)N2CCC(C(F)(F)F)(C(F)(F)F)C2)c1. The Morgan fingerprint density at radius 2 is 1.78 bits per heavy atom. The van der Waals surface area contributed by atoms with Crippen molar-refractivity contribution < 1.29 is 31.1 Å². The van der Waals surface area contributed by atoms with E-state index >= 15 is 0 Å². The van der Waals surface area contributed by atoms with Crippen LogP contribution in [0.5, 0.6) is 0 Å². The summed E-state index contributed by atoms with van der Waals surface area (Å²) < 4.78 is 77.8. The maximum atomic E-state index is 13.0. The molecule has 0 atom stereocenters. The number of carbonyl (C=O) groups is 1. The van der Waals surface area contributed by atoms with E-state index in [1.54, 1.807) is 6.07 Å². The highest BCUT2D eigenvalue weighted by Gasteiger charge is 2.72. The van der Waals surface area contributed by atoms with Crippen LogP contribution in [-0.4, -0.2) is 36.2 Å². The van der Waals surface area contributed by atoms with Gasteiger partial charge in [0.2, 0.25) is 0 Å². The van der Waals surface area contributed by atoms with E-state index < -0.39 is 43.2 Å². The van der Waals surface area contributed by atoms with Gasteiger partial charge in [-0.2, -0.15) is 31.6 Å².